The third-order valence-electron chi connectivity index (χ3n) is 23.3. The monoisotopic (exact) mass is 1440 g/mol. The van der Waals surface area contributed by atoms with Crippen molar-refractivity contribution in [1.29, 1.82) is 0 Å². The van der Waals surface area contributed by atoms with Crippen molar-refractivity contribution in [3.63, 3.8) is 0 Å². The fourth-order valence-electron chi connectivity index (χ4n) is 18.6. The molecule has 520 valence electrons. The van der Waals surface area contributed by atoms with Gasteiger partial charge >= 0.3 is 0 Å². The first-order valence-corrected chi connectivity index (χ1v) is 38.1. The van der Waals surface area contributed by atoms with E-state index >= 15 is 0 Å². The zero-order valence-electron chi connectivity index (χ0n) is 59.9. The number of rotatable bonds is 7. The molecule has 24 rings (SSSR count). The Morgan fingerprint density at radius 2 is 0.694 bits per heavy atom. The number of nitrogens with zero attached hydrogens (tertiary/aromatic N) is 5. The van der Waals surface area contributed by atoms with Crippen molar-refractivity contribution >= 4 is 99.1 Å². The maximum absolute atomic E-state index is 6.61. The summed E-state index contributed by atoms with van der Waals surface area (Å²) in [5, 5.41) is 11.3. The molecule has 0 amide bonds. The van der Waals surface area contributed by atoms with Crippen LogP contribution in [0.1, 0.15) is 55.6 Å². The Hall–Kier alpha value is -14.1. The van der Waals surface area contributed by atoms with Crippen LogP contribution in [-0.4, -0.2) is 24.5 Å². The summed E-state index contributed by atoms with van der Waals surface area (Å²) in [5.41, 5.74) is 27.8. The third-order valence-corrected chi connectivity index (χ3v) is 23.5. The largest absolute Gasteiger partial charge is 0.438 e. The lowest BCUT2D eigenvalue weighted by Gasteiger charge is -2.34. The Bertz CT molecular complexity index is 7250. The molecule has 16 aromatic carbocycles. The number of para-hydroxylation sites is 3. The summed E-state index contributed by atoms with van der Waals surface area (Å²) in [6.07, 6.45) is 1.08. The van der Waals surface area contributed by atoms with E-state index in [4.69, 9.17) is 35.4 Å². The van der Waals surface area contributed by atoms with Gasteiger partial charge in [-0.3, -0.25) is 4.57 Å². The fourth-order valence-corrected chi connectivity index (χ4v) is 18.8. The van der Waals surface area contributed by atoms with Crippen molar-refractivity contribution in [2.45, 2.75) is 17.3 Å². The van der Waals surface area contributed by atoms with Crippen LogP contribution >= 0.6 is 11.6 Å². The van der Waals surface area contributed by atoms with Crippen molar-refractivity contribution < 1.29 is 8.83 Å². The molecule has 3 aliphatic rings. The molecule has 0 unspecified atom stereocenters. The number of aromatic nitrogens is 5. The van der Waals surface area contributed by atoms with Crippen LogP contribution in [0.5, 0.6) is 0 Å². The lowest BCUT2D eigenvalue weighted by molar-refractivity contribution is 0.651. The summed E-state index contributed by atoms with van der Waals surface area (Å²) >= 11 is 6.46. The number of hydrogen-bond donors (Lipinski definition) is 0. The van der Waals surface area contributed by atoms with Gasteiger partial charge < -0.3 is 8.83 Å². The normalized spacial score (nSPS) is 13.2. The van der Waals surface area contributed by atoms with Crippen LogP contribution < -0.4 is 0 Å². The van der Waals surface area contributed by atoms with Crippen LogP contribution in [0.4, 0.5) is 0 Å². The van der Waals surface area contributed by atoms with Gasteiger partial charge in [0.25, 0.3) is 0 Å². The van der Waals surface area contributed by atoms with Crippen LogP contribution in [0.15, 0.2) is 385 Å². The minimum atomic E-state index is -0.536. The fraction of sp³-hybridized carbons (Fsp3) is 0.0291. The van der Waals surface area contributed by atoms with Gasteiger partial charge in [-0.25, -0.2) is 9.97 Å². The number of fused-ring (bicyclic) bond motifs is 20. The van der Waals surface area contributed by atoms with Gasteiger partial charge in [0.1, 0.15) is 11.2 Å². The number of furan rings is 2. The van der Waals surface area contributed by atoms with Gasteiger partial charge in [-0.15, -0.1) is 0 Å². The van der Waals surface area contributed by atoms with Gasteiger partial charge in [0.15, 0.2) is 0 Å². The van der Waals surface area contributed by atoms with Gasteiger partial charge in [-0.1, -0.05) is 328 Å². The Kier molecular flexibility index (Phi) is 14.7. The summed E-state index contributed by atoms with van der Waals surface area (Å²) < 4.78 is 14.9. The second-order valence-corrected chi connectivity index (χ2v) is 29.4. The molecule has 5 aromatic heterocycles. The lowest BCUT2D eigenvalue weighted by Crippen LogP contribution is -2.28. The maximum Gasteiger partial charge on any atom is 0.238 e. The van der Waals surface area contributed by atoms with E-state index < -0.39 is 10.8 Å². The smallest absolute Gasteiger partial charge is 0.238 e. The molecule has 0 radical (unpaired) electrons. The first-order chi connectivity index (χ1) is 54.9. The van der Waals surface area contributed by atoms with Crippen molar-refractivity contribution in [1.82, 2.24) is 24.5 Å². The number of benzene rings is 16. The van der Waals surface area contributed by atoms with Crippen LogP contribution in [-0.2, 0) is 17.3 Å². The quantitative estimate of drug-likeness (QED) is 0.148. The van der Waals surface area contributed by atoms with E-state index in [1.54, 1.807) is 0 Å². The van der Waals surface area contributed by atoms with E-state index in [1.165, 1.54) is 111 Å². The van der Waals surface area contributed by atoms with Gasteiger partial charge in [0.2, 0.25) is 22.7 Å². The molecule has 0 spiro atoms. The molecular weight excluding hydrogens is 1370 g/mol. The van der Waals surface area contributed by atoms with E-state index in [0.717, 1.165) is 83.5 Å². The minimum absolute atomic E-state index is 0.165. The molecular formula is C103H64ClN5O2. The highest BCUT2D eigenvalue weighted by atomic mass is 35.5. The van der Waals surface area contributed by atoms with Crippen LogP contribution in [0.25, 0.3) is 149 Å². The Balaban J connectivity index is 0.000000117. The Morgan fingerprint density at radius 1 is 0.279 bits per heavy atom. The molecule has 0 atom stereocenters. The Labute approximate surface area is 644 Å². The number of halogens is 1. The molecule has 0 bridgehead atoms. The molecule has 0 saturated heterocycles. The average molecular weight is 1440 g/mol. The molecule has 0 N–H and O–H groups in total. The molecule has 0 aliphatic heterocycles. The van der Waals surface area contributed by atoms with Gasteiger partial charge in [-0.05, 0) is 177 Å². The van der Waals surface area contributed by atoms with Crippen LogP contribution in [0.3, 0.4) is 0 Å². The summed E-state index contributed by atoms with van der Waals surface area (Å²) in [4.78, 5) is 20.0. The van der Waals surface area contributed by atoms with E-state index in [9.17, 15) is 0 Å². The predicted octanol–water partition coefficient (Wildman–Crippen LogP) is 26.1. The molecule has 0 fully saturated rings. The highest BCUT2D eigenvalue weighted by Gasteiger charge is 2.48. The molecule has 3 aliphatic carbocycles. The maximum atomic E-state index is 6.61. The molecule has 21 aromatic rings. The van der Waals surface area contributed by atoms with E-state index in [0.29, 0.717) is 17.4 Å². The first kappa shape index (κ1) is 64.1. The molecule has 7 nitrogen and oxygen atoms in total. The second-order valence-electron chi connectivity index (χ2n) is 29.1. The highest BCUT2D eigenvalue weighted by Crippen LogP contribution is 2.59. The minimum Gasteiger partial charge on any atom is -0.438 e. The van der Waals surface area contributed by atoms with Crippen molar-refractivity contribution in [3.05, 3.63) is 437 Å². The summed E-state index contributed by atoms with van der Waals surface area (Å²) in [5.74, 6) is 0.573. The standard InChI is InChI=1S/C51H31N3O.C35H21ClN2O.C17H12/c1-3-17-35(18-4-1)51(36-19-5-2-6-20-36)42-24-12-9-21-37(42)38-28-27-34(30-43(38)51)48-47-40-23-11-14-26-46(40)55-49(47)53-50(52-48)54-44-25-13-10-22-39(44)41-29-32-15-7-8-16-33(32)31-45(41)54;36-34-37-32(31-27-16-8-10-18-30(27)39-33(31)38-34)22-19-20-26-25-15-7-9-17-28(25)35(29(26)21-22,23-11-3-1-4-12-23)24-13-5-2-6-14-24;1-2-6-13-11-17-15(9-12(13)5-1)10-14-7-3-4-8-16(14)17/h1-31H;1-21H;1-9,11H,10H2. The first-order valence-electron chi connectivity index (χ1n) is 37.7. The van der Waals surface area contributed by atoms with Crippen molar-refractivity contribution in [2.75, 3.05) is 0 Å². The van der Waals surface area contributed by atoms with E-state index in [2.05, 4.69) is 349 Å². The van der Waals surface area contributed by atoms with Gasteiger partial charge in [0.05, 0.1) is 44.0 Å². The average Bonchev–Trinajstić information content (AvgIpc) is 1.55. The van der Waals surface area contributed by atoms with E-state index in [1.807, 2.05) is 36.4 Å². The van der Waals surface area contributed by atoms with Gasteiger partial charge in [-0.2, -0.15) is 9.97 Å². The second kappa shape index (κ2) is 25.5. The third kappa shape index (κ3) is 9.92. The summed E-state index contributed by atoms with van der Waals surface area (Å²) in [7, 11) is 0. The zero-order valence-corrected chi connectivity index (χ0v) is 60.7. The highest BCUT2D eigenvalue weighted by molar-refractivity contribution is 6.29. The van der Waals surface area contributed by atoms with E-state index in [-0.39, 0.29) is 5.28 Å². The summed E-state index contributed by atoms with van der Waals surface area (Å²) in [6, 6.07) is 134. The number of hydrogen-bond acceptors (Lipinski definition) is 6. The Morgan fingerprint density at radius 3 is 1.24 bits per heavy atom. The zero-order chi connectivity index (χ0) is 73.3. The predicted molar refractivity (Wildman–Crippen MR) is 453 cm³/mol. The van der Waals surface area contributed by atoms with Gasteiger partial charge in [0, 0.05) is 32.7 Å². The molecule has 5 heterocycles. The molecule has 111 heavy (non-hydrogen) atoms. The molecule has 8 heteroatoms. The molecule has 0 saturated carbocycles. The van der Waals surface area contributed by atoms with Crippen LogP contribution in [0.2, 0.25) is 5.28 Å². The van der Waals surface area contributed by atoms with Crippen LogP contribution in [0, 0.1) is 0 Å². The summed E-state index contributed by atoms with van der Waals surface area (Å²) in [6.45, 7) is 0. The lowest BCUT2D eigenvalue weighted by atomic mass is 9.67. The SMILES string of the molecule is Clc1nc(-c2ccc3c(c2)C(c2ccccc2)(c2ccccc2)c2ccccc2-3)c2c(n1)oc1ccccc12.c1ccc(C2(c3ccccc3)c3ccccc3-c3ccc(-c4nc(-n5c6ccccc6c6cc7ccccc7cc65)nc5oc6ccccc6c45)cc32)cc1.c1ccc2c(c1)Cc1cc3ccccc3cc1-2. The topological polar surface area (TPSA) is 82.8 Å². The van der Waals surface area contributed by atoms with Crippen molar-refractivity contribution in [2.24, 2.45) is 0 Å². The van der Waals surface area contributed by atoms with Crippen molar-refractivity contribution in [3.8, 4) is 61.8 Å².